The second kappa shape index (κ2) is 18.2. The molecule has 0 heterocycles. The maximum Gasteiger partial charge on any atom is 0.240 e. The molecule has 0 aromatic heterocycles. The van der Waals surface area contributed by atoms with E-state index in [0.717, 1.165) is 19.3 Å². The number of carbonyl (C=O) groups is 1. The van der Waals surface area contributed by atoms with Crippen LogP contribution < -0.4 is 5.43 Å². The Balaban J connectivity index is 1.47. The highest BCUT2D eigenvalue weighted by molar-refractivity contribution is 5.81. The molecule has 0 aliphatic heterocycles. The van der Waals surface area contributed by atoms with Crippen molar-refractivity contribution < 1.29 is 4.79 Å². The Kier molecular flexibility index (Phi) is 15.0. The van der Waals surface area contributed by atoms with Gasteiger partial charge in [0.25, 0.3) is 0 Å². The van der Waals surface area contributed by atoms with E-state index in [-0.39, 0.29) is 11.3 Å². The average molecular weight is 465 g/mol. The minimum absolute atomic E-state index is 0.0180. The first-order chi connectivity index (χ1) is 16.8. The first-order valence-corrected chi connectivity index (χ1v) is 14.0. The van der Waals surface area contributed by atoms with E-state index < -0.39 is 0 Å². The third-order valence-electron chi connectivity index (χ3n) is 6.90. The van der Waals surface area contributed by atoms with Gasteiger partial charge in [0, 0.05) is 12.6 Å². The van der Waals surface area contributed by atoms with Crippen LogP contribution in [-0.4, -0.2) is 12.1 Å². The zero-order valence-electron chi connectivity index (χ0n) is 21.6. The van der Waals surface area contributed by atoms with E-state index in [9.17, 15) is 4.79 Å². The summed E-state index contributed by atoms with van der Waals surface area (Å²) in [6, 6.07) is 10.4. The van der Waals surface area contributed by atoms with Crippen molar-refractivity contribution in [1.29, 1.82) is 0 Å². The number of carbonyl (C=O) groups excluding carboxylic acids is 1. The summed E-state index contributed by atoms with van der Waals surface area (Å²) in [5.74, 6) is 0.0180. The van der Waals surface area contributed by atoms with E-state index in [4.69, 9.17) is 0 Å². The number of nitrogens with one attached hydrogen (secondary N) is 1. The Morgan fingerprint density at radius 1 is 0.824 bits per heavy atom. The van der Waals surface area contributed by atoms with Gasteiger partial charge in [-0.25, -0.2) is 5.43 Å². The molecular weight excluding hydrogens is 416 g/mol. The molecule has 0 spiro atoms. The minimum Gasteiger partial charge on any atom is -0.273 e. The Bertz CT molecular complexity index is 737. The van der Waals surface area contributed by atoms with E-state index in [0.29, 0.717) is 6.42 Å². The fourth-order valence-electron chi connectivity index (χ4n) is 4.70. The molecule has 0 bridgehead atoms. The molecular formula is C31H48N2O. The van der Waals surface area contributed by atoms with Crippen molar-refractivity contribution in [2.45, 2.75) is 121 Å². The van der Waals surface area contributed by atoms with Crippen molar-refractivity contribution in [3.63, 3.8) is 0 Å². The molecule has 1 aromatic carbocycles. The van der Waals surface area contributed by atoms with Crippen LogP contribution in [0, 0.1) is 0 Å². The normalized spacial score (nSPS) is 17.4. The van der Waals surface area contributed by atoms with Crippen LogP contribution in [0.4, 0.5) is 0 Å². The molecule has 1 N–H and O–H groups in total. The summed E-state index contributed by atoms with van der Waals surface area (Å²) in [5, 5.41) is 4.32. The molecule has 188 valence electrons. The summed E-state index contributed by atoms with van der Waals surface area (Å²) in [5.41, 5.74) is 3.66. The van der Waals surface area contributed by atoms with Gasteiger partial charge in [0.2, 0.25) is 5.91 Å². The first-order valence-electron chi connectivity index (χ1n) is 14.0. The van der Waals surface area contributed by atoms with E-state index in [2.05, 4.69) is 53.9 Å². The molecule has 3 nitrogen and oxygen atoms in total. The highest BCUT2D eigenvalue weighted by atomic mass is 16.2. The molecule has 2 rings (SSSR count). The number of unbranched alkanes of at least 4 members (excludes halogenated alkanes) is 14. The van der Waals surface area contributed by atoms with Gasteiger partial charge >= 0.3 is 0 Å². The third-order valence-corrected chi connectivity index (χ3v) is 6.90. The molecule has 0 saturated carbocycles. The van der Waals surface area contributed by atoms with Gasteiger partial charge in [0.15, 0.2) is 0 Å². The van der Waals surface area contributed by atoms with E-state index in [1.165, 1.54) is 89.0 Å². The number of nitrogens with zero attached hydrogens (tertiary/aromatic N) is 1. The van der Waals surface area contributed by atoms with Gasteiger partial charge in [0.05, 0.1) is 5.41 Å². The molecule has 0 fully saturated rings. The van der Waals surface area contributed by atoms with Crippen LogP contribution in [0.25, 0.3) is 0 Å². The summed E-state index contributed by atoms with van der Waals surface area (Å²) < 4.78 is 0. The van der Waals surface area contributed by atoms with Crippen LogP contribution >= 0.6 is 0 Å². The Hall–Kier alpha value is -2.16. The SMILES string of the molecule is CCCCCCCCCCCCCCCCCC(=O)N/N=C\C1(c2ccccc2)C=CC=CC1. The van der Waals surface area contributed by atoms with Crippen LogP contribution in [0.5, 0.6) is 0 Å². The zero-order chi connectivity index (χ0) is 24.2. The van der Waals surface area contributed by atoms with Gasteiger partial charge in [-0.1, -0.05) is 151 Å². The molecule has 34 heavy (non-hydrogen) atoms. The van der Waals surface area contributed by atoms with Crippen LogP contribution in [0.3, 0.4) is 0 Å². The van der Waals surface area contributed by atoms with Crippen molar-refractivity contribution >= 4 is 12.1 Å². The summed E-state index contributed by atoms with van der Waals surface area (Å²) in [7, 11) is 0. The number of amides is 1. The van der Waals surface area contributed by atoms with Gasteiger partial charge in [-0.05, 0) is 18.4 Å². The Labute approximate surface area is 209 Å². The Morgan fingerprint density at radius 2 is 1.38 bits per heavy atom. The highest BCUT2D eigenvalue weighted by Crippen LogP contribution is 2.30. The quantitative estimate of drug-likeness (QED) is 0.124. The molecule has 1 atom stereocenters. The van der Waals surface area contributed by atoms with Gasteiger partial charge in [0.1, 0.15) is 0 Å². The second-order valence-electron chi connectivity index (χ2n) is 9.89. The smallest absolute Gasteiger partial charge is 0.240 e. The highest BCUT2D eigenvalue weighted by Gasteiger charge is 2.27. The lowest BCUT2D eigenvalue weighted by molar-refractivity contribution is -0.121. The van der Waals surface area contributed by atoms with Gasteiger partial charge in [-0.2, -0.15) is 5.10 Å². The summed E-state index contributed by atoms with van der Waals surface area (Å²) in [6.45, 7) is 2.28. The van der Waals surface area contributed by atoms with Crippen molar-refractivity contribution in [2.24, 2.45) is 5.10 Å². The molecule has 1 amide bonds. The third kappa shape index (κ3) is 11.8. The van der Waals surface area contributed by atoms with Crippen LogP contribution in [0.2, 0.25) is 0 Å². The largest absolute Gasteiger partial charge is 0.273 e. The van der Waals surface area contributed by atoms with Crippen LogP contribution in [0.1, 0.15) is 122 Å². The van der Waals surface area contributed by atoms with Crippen molar-refractivity contribution in [3.05, 3.63) is 60.2 Å². The second-order valence-corrected chi connectivity index (χ2v) is 9.89. The summed E-state index contributed by atoms with van der Waals surface area (Å²) in [4.78, 5) is 12.2. The lowest BCUT2D eigenvalue weighted by Crippen LogP contribution is -2.28. The lowest BCUT2D eigenvalue weighted by atomic mass is 9.76. The molecule has 3 heteroatoms. The molecule has 1 unspecified atom stereocenters. The number of rotatable bonds is 19. The fraction of sp³-hybridized carbons (Fsp3) is 0.613. The molecule has 0 saturated heterocycles. The van der Waals surface area contributed by atoms with Gasteiger partial charge in [-0.15, -0.1) is 0 Å². The topological polar surface area (TPSA) is 41.5 Å². The number of allylic oxidation sites excluding steroid dienone is 4. The number of hydrazone groups is 1. The standard InChI is InChI=1S/C31H48N2O/c1-2-3-4-5-6-7-8-9-10-11-12-13-14-15-20-25-30(34)33-32-28-31(26-21-17-22-27-31)29-23-18-16-19-24-29/h16-19,21-24,26,28H,2-15,20,25,27H2,1H3,(H,33,34)/b32-28-. The van der Waals surface area contributed by atoms with Crippen LogP contribution in [-0.2, 0) is 10.2 Å². The predicted molar refractivity (Wildman–Crippen MR) is 147 cm³/mol. The van der Waals surface area contributed by atoms with Crippen LogP contribution in [0.15, 0.2) is 59.7 Å². The minimum atomic E-state index is -0.280. The zero-order valence-corrected chi connectivity index (χ0v) is 21.6. The number of hydrogen-bond donors (Lipinski definition) is 1. The van der Waals surface area contributed by atoms with Gasteiger partial charge in [-0.3, -0.25) is 4.79 Å². The monoisotopic (exact) mass is 464 g/mol. The number of hydrogen-bond acceptors (Lipinski definition) is 2. The molecule has 0 radical (unpaired) electrons. The Morgan fingerprint density at radius 3 is 1.91 bits per heavy atom. The van der Waals surface area contributed by atoms with E-state index >= 15 is 0 Å². The summed E-state index contributed by atoms with van der Waals surface area (Å²) >= 11 is 0. The van der Waals surface area contributed by atoms with Gasteiger partial charge < -0.3 is 0 Å². The van der Waals surface area contributed by atoms with E-state index in [1.54, 1.807) is 0 Å². The molecule has 1 aliphatic carbocycles. The number of benzene rings is 1. The fourth-order valence-corrected chi connectivity index (χ4v) is 4.70. The van der Waals surface area contributed by atoms with E-state index in [1.807, 2.05) is 24.4 Å². The first kappa shape index (κ1) is 28.1. The lowest BCUT2D eigenvalue weighted by Gasteiger charge is -2.27. The maximum absolute atomic E-state index is 12.2. The van der Waals surface area contributed by atoms with Crippen molar-refractivity contribution in [1.82, 2.24) is 5.43 Å². The summed E-state index contributed by atoms with van der Waals surface area (Å²) in [6.07, 6.45) is 31.7. The maximum atomic E-state index is 12.2. The van der Waals surface area contributed by atoms with Crippen molar-refractivity contribution in [3.8, 4) is 0 Å². The molecule has 1 aliphatic rings. The predicted octanol–water partition coefficient (Wildman–Crippen LogP) is 8.80. The van der Waals surface area contributed by atoms with Crippen molar-refractivity contribution in [2.75, 3.05) is 0 Å². The molecule has 1 aromatic rings. The average Bonchev–Trinajstić information content (AvgIpc) is 2.87.